The lowest BCUT2D eigenvalue weighted by Gasteiger charge is -2.12. The zero-order valence-corrected chi connectivity index (χ0v) is 18.4. The average molecular weight is 447 g/mol. The van der Waals surface area contributed by atoms with Crippen molar-refractivity contribution in [2.24, 2.45) is 0 Å². The molecule has 2 N–H and O–H groups in total. The van der Waals surface area contributed by atoms with Crippen LogP contribution in [0.5, 0.6) is 17.2 Å². The Morgan fingerprint density at radius 3 is 2.73 bits per heavy atom. The Morgan fingerprint density at radius 1 is 1.17 bits per heavy atom. The van der Waals surface area contributed by atoms with E-state index in [0.717, 1.165) is 28.9 Å². The van der Waals surface area contributed by atoms with Crippen molar-refractivity contribution in [1.29, 1.82) is 0 Å². The van der Waals surface area contributed by atoms with Gasteiger partial charge in [0, 0.05) is 12.2 Å². The van der Waals surface area contributed by atoms with Crippen LogP contribution in [0.3, 0.4) is 0 Å². The highest BCUT2D eigenvalue weighted by molar-refractivity contribution is 7.98. The molecule has 158 valence electrons. The van der Waals surface area contributed by atoms with Crippen molar-refractivity contribution in [3.63, 3.8) is 0 Å². The number of fused-ring (bicyclic) bond motifs is 1. The zero-order valence-electron chi connectivity index (χ0n) is 16.9. The van der Waals surface area contributed by atoms with Crippen LogP contribution in [-0.2, 0) is 12.4 Å². The molecular weight excluding hydrogens is 424 g/mol. The third-order valence-electron chi connectivity index (χ3n) is 4.72. The topological polar surface area (TPSA) is 84.4 Å². The molecule has 2 heterocycles. The SMILES string of the molecule is Cc1cccc(C)c1OCc1nnc(SCc2cc(Cl)c3c(c2)OCCCO3)n1N. The van der Waals surface area contributed by atoms with Crippen LogP contribution in [0.1, 0.15) is 28.9 Å². The molecule has 7 nitrogen and oxygen atoms in total. The van der Waals surface area contributed by atoms with Crippen LogP contribution >= 0.6 is 23.4 Å². The molecule has 4 rings (SSSR count). The number of ether oxygens (including phenoxy) is 3. The molecule has 1 aliphatic rings. The number of hydrogen-bond acceptors (Lipinski definition) is 7. The van der Waals surface area contributed by atoms with Gasteiger partial charge < -0.3 is 20.1 Å². The van der Waals surface area contributed by atoms with Crippen molar-refractivity contribution in [2.45, 2.75) is 37.8 Å². The van der Waals surface area contributed by atoms with Gasteiger partial charge in [0.2, 0.25) is 5.16 Å². The number of aromatic nitrogens is 3. The number of nitrogens with two attached hydrogens (primary N) is 1. The number of rotatable bonds is 6. The number of nitrogen functional groups attached to an aromatic ring is 1. The summed E-state index contributed by atoms with van der Waals surface area (Å²) >= 11 is 7.84. The van der Waals surface area contributed by atoms with Crippen LogP contribution in [0.2, 0.25) is 5.02 Å². The predicted molar refractivity (Wildman–Crippen MR) is 117 cm³/mol. The minimum atomic E-state index is 0.242. The Balaban J connectivity index is 1.42. The number of thioether (sulfide) groups is 1. The molecule has 30 heavy (non-hydrogen) atoms. The van der Waals surface area contributed by atoms with Gasteiger partial charge in [-0.05, 0) is 42.7 Å². The van der Waals surface area contributed by atoms with Crippen molar-refractivity contribution < 1.29 is 14.2 Å². The maximum atomic E-state index is 6.37. The summed E-state index contributed by atoms with van der Waals surface area (Å²) in [6, 6.07) is 9.85. The standard InChI is InChI=1S/C21H23ClN4O3S/c1-13-5-3-6-14(2)19(13)29-11-18-24-25-21(26(18)23)30-12-15-9-16(22)20-17(10-15)27-7-4-8-28-20/h3,5-6,9-10H,4,7-8,11-12,23H2,1-2H3. The van der Waals surface area contributed by atoms with Crippen LogP contribution in [-0.4, -0.2) is 28.1 Å². The molecule has 1 aromatic heterocycles. The van der Waals surface area contributed by atoms with Gasteiger partial charge >= 0.3 is 0 Å². The number of benzene rings is 2. The molecule has 0 spiro atoms. The quantitative estimate of drug-likeness (QED) is 0.446. The van der Waals surface area contributed by atoms with E-state index in [4.69, 9.17) is 31.7 Å². The van der Waals surface area contributed by atoms with E-state index in [9.17, 15) is 0 Å². The Hall–Kier alpha value is -2.58. The molecule has 0 amide bonds. The zero-order chi connectivity index (χ0) is 21.1. The molecule has 3 aromatic rings. The molecule has 1 aliphatic heterocycles. The van der Waals surface area contributed by atoms with Gasteiger partial charge in [0.1, 0.15) is 12.4 Å². The fourth-order valence-electron chi connectivity index (χ4n) is 3.18. The van der Waals surface area contributed by atoms with Crippen LogP contribution in [0, 0.1) is 13.8 Å². The van der Waals surface area contributed by atoms with Gasteiger partial charge in [-0.25, -0.2) is 4.68 Å². The molecule has 0 saturated heterocycles. The average Bonchev–Trinajstić information content (AvgIpc) is 2.91. The lowest BCUT2D eigenvalue weighted by molar-refractivity contribution is 0.288. The first-order chi connectivity index (χ1) is 14.5. The van der Waals surface area contributed by atoms with Gasteiger partial charge in [0.15, 0.2) is 17.3 Å². The summed E-state index contributed by atoms with van der Waals surface area (Å²) in [6.45, 7) is 5.48. The highest BCUT2D eigenvalue weighted by atomic mass is 35.5. The predicted octanol–water partition coefficient (Wildman–Crippen LogP) is 4.29. The van der Waals surface area contributed by atoms with Crippen molar-refractivity contribution >= 4 is 23.4 Å². The first kappa shape index (κ1) is 20.7. The minimum Gasteiger partial charge on any atom is -0.489 e. The van der Waals surface area contributed by atoms with Gasteiger partial charge in [-0.2, -0.15) is 0 Å². The fourth-order valence-corrected chi connectivity index (χ4v) is 4.28. The minimum absolute atomic E-state index is 0.242. The molecule has 9 heteroatoms. The lowest BCUT2D eigenvalue weighted by atomic mass is 10.1. The van der Waals surface area contributed by atoms with Crippen LogP contribution < -0.4 is 20.1 Å². The normalized spacial score (nSPS) is 13.2. The summed E-state index contributed by atoms with van der Waals surface area (Å²) in [7, 11) is 0. The fraction of sp³-hybridized carbons (Fsp3) is 0.333. The number of hydrogen-bond donors (Lipinski definition) is 1. The second kappa shape index (κ2) is 9.06. The molecule has 2 aromatic carbocycles. The van der Waals surface area contributed by atoms with E-state index in [2.05, 4.69) is 10.2 Å². The molecule has 0 unspecified atom stereocenters. The Labute approximate surface area is 184 Å². The molecule has 0 bridgehead atoms. The van der Waals surface area contributed by atoms with Gasteiger partial charge in [-0.1, -0.05) is 41.6 Å². The molecule has 0 fully saturated rings. The maximum absolute atomic E-state index is 6.37. The van der Waals surface area contributed by atoms with E-state index in [-0.39, 0.29) is 6.61 Å². The Morgan fingerprint density at radius 2 is 1.93 bits per heavy atom. The highest BCUT2D eigenvalue weighted by Gasteiger charge is 2.17. The van der Waals surface area contributed by atoms with Crippen molar-refractivity contribution in [1.82, 2.24) is 14.9 Å². The second-order valence-corrected chi connectivity index (χ2v) is 8.37. The van der Waals surface area contributed by atoms with Crippen molar-refractivity contribution in [3.8, 4) is 17.2 Å². The van der Waals surface area contributed by atoms with E-state index in [1.165, 1.54) is 16.4 Å². The maximum Gasteiger partial charge on any atom is 0.210 e. The molecule has 0 aliphatic carbocycles. The van der Waals surface area contributed by atoms with Gasteiger partial charge in [-0.3, -0.25) is 0 Å². The summed E-state index contributed by atoms with van der Waals surface area (Å²) < 4.78 is 18.8. The molecule has 0 radical (unpaired) electrons. The van der Waals surface area contributed by atoms with E-state index in [0.29, 0.717) is 46.5 Å². The smallest absolute Gasteiger partial charge is 0.210 e. The third kappa shape index (κ3) is 4.44. The first-order valence-corrected chi connectivity index (χ1v) is 11.0. The number of aryl methyl sites for hydroxylation is 2. The van der Waals surface area contributed by atoms with Crippen molar-refractivity contribution in [3.05, 3.63) is 57.9 Å². The van der Waals surface area contributed by atoms with Gasteiger partial charge in [0.05, 0.1) is 18.2 Å². The van der Waals surface area contributed by atoms with Crippen LogP contribution in [0.25, 0.3) is 0 Å². The van der Waals surface area contributed by atoms with Crippen LogP contribution in [0.15, 0.2) is 35.5 Å². The lowest BCUT2D eigenvalue weighted by Crippen LogP contribution is -2.16. The van der Waals surface area contributed by atoms with Crippen molar-refractivity contribution in [2.75, 3.05) is 19.1 Å². The second-order valence-electron chi connectivity index (χ2n) is 7.02. The molecule has 0 atom stereocenters. The van der Waals surface area contributed by atoms with E-state index >= 15 is 0 Å². The molecule has 0 saturated carbocycles. The number of para-hydroxylation sites is 1. The third-order valence-corrected chi connectivity index (χ3v) is 6.01. The summed E-state index contributed by atoms with van der Waals surface area (Å²) in [5.74, 6) is 9.48. The monoisotopic (exact) mass is 446 g/mol. The van der Waals surface area contributed by atoms with E-state index in [1.807, 2.05) is 44.2 Å². The highest BCUT2D eigenvalue weighted by Crippen LogP contribution is 2.39. The van der Waals surface area contributed by atoms with Crippen LogP contribution in [0.4, 0.5) is 0 Å². The summed E-state index contributed by atoms with van der Waals surface area (Å²) in [5.41, 5.74) is 3.13. The molecular formula is C21H23ClN4O3S. The number of halogens is 1. The van der Waals surface area contributed by atoms with E-state index in [1.54, 1.807) is 0 Å². The Bertz CT molecular complexity index is 1040. The van der Waals surface area contributed by atoms with Gasteiger partial charge in [0.25, 0.3) is 0 Å². The number of nitrogens with zero attached hydrogens (tertiary/aromatic N) is 3. The summed E-state index contributed by atoms with van der Waals surface area (Å²) in [6.07, 6.45) is 0.832. The van der Waals surface area contributed by atoms with E-state index < -0.39 is 0 Å². The largest absolute Gasteiger partial charge is 0.489 e. The summed E-state index contributed by atoms with van der Waals surface area (Å²) in [4.78, 5) is 0. The first-order valence-electron chi connectivity index (χ1n) is 9.62. The Kier molecular flexibility index (Phi) is 6.24. The van der Waals surface area contributed by atoms with Gasteiger partial charge in [-0.15, -0.1) is 10.2 Å². The summed E-state index contributed by atoms with van der Waals surface area (Å²) in [5, 5.41) is 9.51.